The second-order valence-corrected chi connectivity index (χ2v) is 5.04. The second kappa shape index (κ2) is 12.3. The molecule has 0 saturated heterocycles. The van der Waals surface area contributed by atoms with Crippen LogP contribution in [-0.2, 0) is 4.74 Å². The molecule has 0 bridgehead atoms. The van der Waals surface area contributed by atoms with Crippen molar-refractivity contribution in [3.8, 4) is 0 Å². The summed E-state index contributed by atoms with van der Waals surface area (Å²) in [5.41, 5.74) is 2.93. The molecule has 0 amide bonds. The highest BCUT2D eigenvalue weighted by molar-refractivity contribution is 4.65. The summed E-state index contributed by atoms with van der Waals surface area (Å²) >= 11 is 0. The number of hydrogen-bond acceptors (Lipinski definition) is 3. The topological polar surface area (TPSA) is 47.3 Å². The van der Waals surface area contributed by atoms with Crippen LogP contribution in [0, 0.1) is 0 Å². The Balaban J connectivity index is 3.41. The third-order valence-corrected chi connectivity index (χ3v) is 3.47. The minimum atomic E-state index is 0.343. The lowest BCUT2D eigenvalue weighted by Gasteiger charge is -2.17. The molecular weight excluding hydrogens is 212 g/mol. The van der Waals surface area contributed by atoms with Crippen LogP contribution in [0.1, 0.15) is 71.6 Å². The average molecular weight is 244 g/mol. The van der Waals surface area contributed by atoms with E-state index in [1.807, 2.05) is 0 Å². The molecule has 0 heterocycles. The highest BCUT2D eigenvalue weighted by Crippen LogP contribution is 2.12. The highest BCUT2D eigenvalue weighted by Gasteiger charge is 2.08. The van der Waals surface area contributed by atoms with Crippen molar-refractivity contribution in [2.75, 3.05) is 7.11 Å². The summed E-state index contributed by atoms with van der Waals surface area (Å²) < 4.78 is 5.25. The first kappa shape index (κ1) is 16.9. The van der Waals surface area contributed by atoms with E-state index in [2.05, 4.69) is 19.3 Å². The van der Waals surface area contributed by atoms with Crippen LogP contribution in [-0.4, -0.2) is 19.3 Å². The van der Waals surface area contributed by atoms with Crippen LogP contribution in [0.2, 0.25) is 0 Å². The molecule has 17 heavy (non-hydrogen) atoms. The Morgan fingerprint density at radius 3 is 2.24 bits per heavy atom. The van der Waals surface area contributed by atoms with E-state index < -0.39 is 0 Å². The Morgan fingerprint density at radius 1 is 1.00 bits per heavy atom. The van der Waals surface area contributed by atoms with E-state index in [0.717, 1.165) is 12.8 Å². The minimum Gasteiger partial charge on any atom is -0.382 e. The van der Waals surface area contributed by atoms with E-state index in [1.54, 1.807) is 7.11 Å². The molecule has 2 atom stereocenters. The molecule has 2 unspecified atom stereocenters. The van der Waals surface area contributed by atoms with Crippen molar-refractivity contribution in [1.82, 2.24) is 5.43 Å². The lowest BCUT2D eigenvalue weighted by atomic mass is 10.0. The monoisotopic (exact) mass is 244 g/mol. The van der Waals surface area contributed by atoms with E-state index >= 15 is 0 Å². The molecule has 0 rings (SSSR count). The van der Waals surface area contributed by atoms with Gasteiger partial charge in [0.25, 0.3) is 0 Å². The largest absolute Gasteiger partial charge is 0.382 e. The molecule has 3 heteroatoms. The van der Waals surface area contributed by atoms with Crippen LogP contribution in [0.3, 0.4) is 0 Å². The zero-order chi connectivity index (χ0) is 12.9. The number of rotatable bonds is 12. The predicted molar refractivity (Wildman–Crippen MR) is 74.8 cm³/mol. The first-order valence-electron chi connectivity index (χ1n) is 7.23. The fraction of sp³-hybridized carbons (Fsp3) is 1.00. The van der Waals surface area contributed by atoms with Gasteiger partial charge in [0, 0.05) is 13.2 Å². The predicted octanol–water partition coefficient (Wildman–Crippen LogP) is 3.38. The van der Waals surface area contributed by atoms with E-state index in [1.165, 1.54) is 44.9 Å². The van der Waals surface area contributed by atoms with Crippen molar-refractivity contribution in [3.05, 3.63) is 0 Å². The number of ether oxygens (including phenoxy) is 1. The number of nitrogens with two attached hydrogens (primary N) is 1. The number of hydrazine groups is 1. The Labute approximate surface area is 107 Å². The summed E-state index contributed by atoms with van der Waals surface area (Å²) in [6.07, 6.45) is 11.8. The van der Waals surface area contributed by atoms with Gasteiger partial charge in [0.05, 0.1) is 6.10 Å². The zero-order valence-electron chi connectivity index (χ0n) is 12.0. The smallest absolute Gasteiger partial charge is 0.0543 e. The maximum atomic E-state index is 5.57. The molecule has 104 valence electrons. The molecule has 0 aromatic carbocycles. The van der Waals surface area contributed by atoms with Gasteiger partial charge in [-0.25, -0.2) is 0 Å². The fourth-order valence-electron chi connectivity index (χ4n) is 2.04. The van der Waals surface area contributed by atoms with Crippen molar-refractivity contribution in [3.63, 3.8) is 0 Å². The Kier molecular flexibility index (Phi) is 12.3. The molecule has 0 fully saturated rings. The number of unbranched alkanes of at least 4 members (excludes halogenated alkanes) is 5. The van der Waals surface area contributed by atoms with E-state index in [4.69, 9.17) is 10.6 Å². The van der Waals surface area contributed by atoms with Gasteiger partial charge in [-0.05, 0) is 26.2 Å². The molecule has 0 aliphatic carbocycles. The van der Waals surface area contributed by atoms with Crippen molar-refractivity contribution >= 4 is 0 Å². The quantitative estimate of drug-likeness (QED) is 0.314. The summed E-state index contributed by atoms with van der Waals surface area (Å²) in [6, 6.07) is 0.457. The van der Waals surface area contributed by atoms with Gasteiger partial charge in [-0.2, -0.15) is 0 Å². The molecule has 0 aliphatic rings. The van der Waals surface area contributed by atoms with Gasteiger partial charge in [0.15, 0.2) is 0 Å². The minimum absolute atomic E-state index is 0.343. The maximum Gasteiger partial charge on any atom is 0.0543 e. The van der Waals surface area contributed by atoms with Crippen molar-refractivity contribution in [1.29, 1.82) is 0 Å². The lowest BCUT2D eigenvalue weighted by Crippen LogP contribution is -2.35. The molecule has 0 spiro atoms. The Hall–Kier alpha value is -0.120. The third kappa shape index (κ3) is 10.7. The van der Waals surface area contributed by atoms with Crippen LogP contribution in [0.5, 0.6) is 0 Å². The first-order chi connectivity index (χ1) is 8.24. The number of methoxy groups -OCH3 is 1. The van der Waals surface area contributed by atoms with Gasteiger partial charge in [-0.3, -0.25) is 11.3 Å². The van der Waals surface area contributed by atoms with Gasteiger partial charge in [-0.1, -0.05) is 45.4 Å². The summed E-state index contributed by atoms with van der Waals surface area (Å²) in [5.74, 6) is 5.57. The Bertz CT molecular complexity index is 153. The first-order valence-corrected chi connectivity index (χ1v) is 7.23. The number of hydrogen-bond donors (Lipinski definition) is 2. The summed E-state index contributed by atoms with van der Waals surface area (Å²) in [7, 11) is 1.77. The molecule has 0 aromatic rings. The third-order valence-electron chi connectivity index (χ3n) is 3.47. The molecule has 0 radical (unpaired) electrons. The average Bonchev–Trinajstić information content (AvgIpc) is 2.36. The van der Waals surface area contributed by atoms with Crippen LogP contribution in [0.15, 0.2) is 0 Å². The lowest BCUT2D eigenvalue weighted by molar-refractivity contribution is 0.105. The Morgan fingerprint density at radius 2 is 1.65 bits per heavy atom. The standard InChI is InChI=1S/C14H32N2O/c1-4-5-6-7-8-9-10-14(16-15)12-11-13(2)17-3/h13-14,16H,4-12,15H2,1-3H3. The second-order valence-electron chi connectivity index (χ2n) is 5.04. The molecule has 3 nitrogen and oxygen atoms in total. The summed E-state index contributed by atoms with van der Waals surface area (Å²) in [4.78, 5) is 0. The molecule has 0 aromatic heterocycles. The summed E-state index contributed by atoms with van der Waals surface area (Å²) in [5, 5.41) is 0. The number of nitrogens with one attached hydrogen (secondary N) is 1. The molecule has 0 saturated carbocycles. The van der Waals surface area contributed by atoms with Crippen LogP contribution >= 0.6 is 0 Å². The van der Waals surface area contributed by atoms with Gasteiger partial charge in [0.2, 0.25) is 0 Å². The van der Waals surface area contributed by atoms with Crippen molar-refractivity contribution in [2.45, 2.75) is 83.8 Å². The van der Waals surface area contributed by atoms with Crippen LogP contribution < -0.4 is 11.3 Å². The van der Waals surface area contributed by atoms with Crippen LogP contribution in [0.4, 0.5) is 0 Å². The summed E-state index contributed by atoms with van der Waals surface area (Å²) in [6.45, 7) is 4.36. The fourth-order valence-corrected chi connectivity index (χ4v) is 2.04. The SMILES string of the molecule is CCCCCCCCC(CCC(C)OC)NN. The van der Waals surface area contributed by atoms with Crippen LogP contribution in [0.25, 0.3) is 0 Å². The van der Waals surface area contributed by atoms with Crippen molar-refractivity contribution < 1.29 is 4.74 Å². The molecule has 3 N–H and O–H groups in total. The zero-order valence-corrected chi connectivity index (χ0v) is 12.0. The molecule has 0 aliphatic heterocycles. The van der Waals surface area contributed by atoms with Gasteiger partial charge < -0.3 is 4.74 Å². The van der Waals surface area contributed by atoms with Gasteiger partial charge >= 0.3 is 0 Å². The van der Waals surface area contributed by atoms with Gasteiger partial charge in [-0.15, -0.1) is 0 Å². The van der Waals surface area contributed by atoms with E-state index in [9.17, 15) is 0 Å². The van der Waals surface area contributed by atoms with E-state index in [0.29, 0.717) is 12.1 Å². The van der Waals surface area contributed by atoms with E-state index in [-0.39, 0.29) is 0 Å². The normalized spacial score (nSPS) is 14.8. The highest BCUT2D eigenvalue weighted by atomic mass is 16.5. The maximum absolute atomic E-state index is 5.57. The van der Waals surface area contributed by atoms with Crippen molar-refractivity contribution in [2.24, 2.45) is 5.84 Å². The van der Waals surface area contributed by atoms with Gasteiger partial charge in [0.1, 0.15) is 0 Å². The molecular formula is C14H32N2O.